The SMILES string of the molecule is CN1CCC(CCNC(=O)C2CCN(S(=O)(=O)c3ccccc3C#N)CC2)CC1. The molecular weight excluding hydrogens is 388 g/mol. The smallest absolute Gasteiger partial charge is 0.244 e. The highest BCUT2D eigenvalue weighted by Gasteiger charge is 2.33. The molecule has 1 N–H and O–H groups in total. The molecule has 1 aromatic carbocycles. The number of nitriles is 1. The van der Waals surface area contributed by atoms with Crippen molar-refractivity contribution in [1.82, 2.24) is 14.5 Å². The summed E-state index contributed by atoms with van der Waals surface area (Å²) in [6.45, 7) is 3.55. The van der Waals surface area contributed by atoms with Gasteiger partial charge < -0.3 is 10.2 Å². The normalized spacial score (nSPS) is 20.3. The van der Waals surface area contributed by atoms with Gasteiger partial charge in [-0.15, -0.1) is 0 Å². The monoisotopic (exact) mass is 418 g/mol. The Kier molecular flexibility index (Phi) is 7.28. The van der Waals surface area contributed by atoms with E-state index >= 15 is 0 Å². The Labute approximate surface area is 173 Å². The van der Waals surface area contributed by atoms with E-state index in [2.05, 4.69) is 17.3 Å². The number of rotatable bonds is 6. The quantitative estimate of drug-likeness (QED) is 0.760. The van der Waals surface area contributed by atoms with Crippen molar-refractivity contribution in [3.8, 4) is 6.07 Å². The molecule has 3 rings (SSSR count). The second-order valence-corrected chi connectivity index (χ2v) is 10.0. The van der Waals surface area contributed by atoms with Crippen LogP contribution in [0.15, 0.2) is 29.2 Å². The molecule has 0 bridgehead atoms. The minimum atomic E-state index is -3.71. The Bertz CT molecular complexity index is 849. The van der Waals surface area contributed by atoms with E-state index in [4.69, 9.17) is 0 Å². The van der Waals surface area contributed by atoms with Crippen LogP contribution in [0, 0.1) is 23.2 Å². The summed E-state index contributed by atoms with van der Waals surface area (Å²) in [5.74, 6) is 0.566. The van der Waals surface area contributed by atoms with Gasteiger partial charge in [0.15, 0.2) is 0 Å². The summed E-state index contributed by atoms with van der Waals surface area (Å²) in [7, 11) is -1.57. The maximum Gasteiger partial charge on any atom is 0.244 e. The molecule has 158 valence electrons. The zero-order chi connectivity index (χ0) is 20.9. The zero-order valence-electron chi connectivity index (χ0n) is 17.0. The molecule has 0 saturated carbocycles. The topological polar surface area (TPSA) is 93.5 Å². The van der Waals surface area contributed by atoms with Crippen LogP contribution in [0.25, 0.3) is 0 Å². The molecule has 7 nitrogen and oxygen atoms in total. The van der Waals surface area contributed by atoms with Gasteiger partial charge in [-0.2, -0.15) is 9.57 Å². The largest absolute Gasteiger partial charge is 0.356 e. The van der Waals surface area contributed by atoms with Crippen molar-refractivity contribution < 1.29 is 13.2 Å². The number of sulfonamides is 1. The molecule has 0 aliphatic carbocycles. The number of benzene rings is 1. The fourth-order valence-electron chi connectivity index (χ4n) is 4.18. The number of carbonyl (C=O) groups is 1. The first-order valence-electron chi connectivity index (χ1n) is 10.4. The Morgan fingerprint density at radius 2 is 1.79 bits per heavy atom. The lowest BCUT2D eigenvalue weighted by Gasteiger charge is -2.31. The molecule has 29 heavy (non-hydrogen) atoms. The fourth-order valence-corrected chi connectivity index (χ4v) is 5.79. The van der Waals surface area contributed by atoms with Gasteiger partial charge in [-0.1, -0.05) is 12.1 Å². The molecule has 2 aliphatic rings. The second-order valence-electron chi connectivity index (χ2n) is 8.11. The van der Waals surface area contributed by atoms with Crippen LogP contribution in [0.1, 0.15) is 37.7 Å². The maximum absolute atomic E-state index is 12.9. The molecule has 0 unspecified atom stereocenters. The highest BCUT2D eigenvalue weighted by molar-refractivity contribution is 7.89. The van der Waals surface area contributed by atoms with Gasteiger partial charge >= 0.3 is 0 Å². The minimum Gasteiger partial charge on any atom is -0.356 e. The van der Waals surface area contributed by atoms with Crippen LogP contribution >= 0.6 is 0 Å². The first kappa shape index (κ1) is 21.8. The molecule has 2 saturated heterocycles. The molecule has 2 heterocycles. The van der Waals surface area contributed by atoms with E-state index in [0.717, 1.165) is 19.5 Å². The van der Waals surface area contributed by atoms with Crippen molar-refractivity contribution in [1.29, 1.82) is 5.26 Å². The predicted octanol–water partition coefficient (Wildman–Crippen LogP) is 1.81. The number of nitrogens with zero attached hydrogens (tertiary/aromatic N) is 3. The average molecular weight is 419 g/mol. The molecular formula is C21H30N4O3S. The zero-order valence-corrected chi connectivity index (χ0v) is 17.8. The van der Waals surface area contributed by atoms with Crippen molar-refractivity contribution in [2.24, 2.45) is 11.8 Å². The average Bonchev–Trinajstić information content (AvgIpc) is 2.75. The van der Waals surface area contributed by atoms with E-state index in [1.165, 1.54) is 29.3 Å². The van der Waals surface area contributed by atoms with Gasteiger partial charge in [0, 0.05) is 25.6 Å². The summed E-state index contributed by atoms with van der Waals surface area (Å²) in [5, 5.41) is 12.2. The third-order valence-corrected chi connectivity index (χ3v) is 8.10. The first-order valence-corrected chi connectivity index (χ1v) is 11.8. The van der Waals surface area contributed by atoms with Crippen LogP contribution in [-0.2, 0) is 14.8 Å². The summed E-state index contributed by atoms with van der Waals surface area (Å²) in [6.07, 6.45) is 4.40. The van der Waals surface area contributed by atoms with Crippen molar-refractivity contribution >= 4 is 15.9 Å². The summed E-state index contributed by atoms with van der Waals surface area (Å²) in [6, 6.07) is 8.20. The van der Waals surface area contributed by atoms with E-state index < -0.39 is 10.0 Å². The third kappa shape index (κ3) is 5.35. The second kappa shape index (κ2) is 9.70. The van der Waals surface area contributed by atoms with Crippen LogP contribution in [0.3, 0.4) is 0 Å². The van der Waals surface area contributed by atoms with Crippen LogP contribution in [-0.4, -0.2) is 63.3 Å². The Morgan fingerprint density at radius 3 is 2.45 bits per heavy atom. The van der Waals surface area contributed by atoms with E-state index in [1.807, 2.05) is 6.07 Å². The summed E-state index contributed by atoms with van der Waals surface area (Å²) in [5.41, 5.74) is 0.154. The van der Waals surface area contributed by atoms with Crippen LogP contribution in [0.5, 0.6) is 0 Å². The van der Waals surface area contributed by atoms with E-state index in [9.17, 15) is 18.5 Å². The number of piperidine rings is 2. The highest BCUT2D eigenvalue weighted by atomic mass is 32.2. The lowest BCUT2D eigenvalue weighted by atomic mass is 9.93. The van der Waals surface area contributed by atoms with Crippen molar-refractivity contribution in [3.63, 3.8) is 0 Å². The number of hydrogen-bond donors (Lipinski definition) is 1. The molecule has 1 amide bonds. The Morgan fingerprint density at radius 1 is 1.14 bits per heavy atom. The van der Waals surface area contributed by atoms with E-state index in [0.29, 0.717) is 38.4 Å². The molecule has 0 aromatic heterocycles. The molecule has 8 heteroatoms. The fraction of sp³-hybridized carbons (Fsp3) is 0.619. The lowest BCUT2D eigenvalue weighted by Crippen LogP contribution is -2.43. The van der Waals surface area contributed by atoms with Gasteiger partial charge in [0.1, 0.15) is 6.07 Å². The van der Waals surface area contributed by atoms with Gasteiger partial charge in [0.05, 0.1) is 10.5 Å². The Balaban J connectivity index is 1.47. The number of carbonyl (C=O) groups excluding carboxylic acids is 1. The number of nitrogens with one attached hydrogen (secondary N) is 1. The molecule has 2 aliphatic heterocycles. The van der Waals surface area contributed by atoms with E-state index in [-0.39, 0.29) is 22.3 Å². The highest BCUT2D eigenvalue weighted by Crippen LogP contribution is 2.26. The van der Waals surface area contributed by atoms with Gasteiger partial charge in [-0.05, 0) is 70.3 Å². The number of hydrogen-bond acceptors (Lipinski definition) is 5. The van der Waals surface area contributed by atoms with Crippen LogP contribution in [0.4, 0.5) is 0 Å². The lowest BCUT2D eigenvalue weighted by molar-refractivity contribution is -0.126. The predicted molar refractivity (Wildman–Crippen MR) is 110 cm³/mol. The van der Waals surface area contributed by atoms with Gasteiger partial charge in [-0.3, -0.25) is 4.79 Å². The molecule has 0 atom stereocenters. The van der Waals surface area contributed by atoms with Crippen LogP contribution < -0.4 is 5.32 Å². The van der Waals surface area contributed by atoms with Crippen molar-refractivity contribution in [2.45, 2.75) is 37.0 Å². The first-order chi connectivity index (χ1) is 13.9. The van der Waals surface area contributed by atoms with Gasteiger partial charge in [0.25, 0.3) is 0 Å². The molecule has 2 fully saturated rings. The number of amides is 1. The standard InChI is InChI=1S/C21H30N4O3S/c1-24-12-7-17(8-13-24)6-11-23-21(26)18-9-14-25(15-10-18)29(27,28)20-5-3-2-4-19(20)16-22/h2-5,17-18H,6-15H2,1H3,(H,23,26). The van der Waals surface area contributed by atoms with Crippen molar-refractivity contribution in [2.75, 3.05) is 39.8 Å². The number of likely N-dealkylation sites (tertiary alicyclic amines) is 1. The third-order valence-electron chi connectivity index (χ3n) is 6.14. The van der Waals surface area contributed by atoms with Gasteiger partial charge in [0.2, 0.25) is 15.9 Å². The molecule has 0 spiro atoms. The maximum atomic E-state index is 12.9. The Hall–Kier alpha value is -1.95. The molecule has 0 radical (unpaired) electrons. The van der Waals surface area contributed by atoms with E-state index in [1.54, 1.807) is 12.1 Å². The van der Waals surface area contributed by atoms with Crippen molar-refractivity contribution in [3.05, 3.63) is 29.8 Å². The summed E-state index contributed by atoms with van der Waals surface area (Å²) in [4.78, 5) is 14.9. The summed E-state index contributed by atoms with van der Waals surface area (Å²) < 4.78 is 27.2. The van der Waals surface area contributed by atoms with Gasteiger partial charge in [-0.25, -0.2) is 8.42 Å². The molecule has 1 aromatic rings. The summed E-state index contributed by atoms with van der Waals surface area (Å²) >= 11 is 0. The minimum absolute atomic E-state index is 0.0346. The van der Waals surface area contributed by atoms with Crippen LogP contribution in [0.2, 0.25) is 0 Å².